The number of benzene rings is 1. The number of aromatic nitrogens is 1. The number of ether oxygens (including phenoxy) is 1. The van der Waals surface area contributed by atoms with E-state index >= 15 is 0 Å². The smallest absolute Gasteiger partial charge is 0.337 e. The molecule has 0 aliphatic carbocycles. The predicted molar refractivity (Wildman–Crippen MR) is 72.9 cm³/mol. The fraction of sp³-hybridized carbons (Fsp3) is 0.143. The maximum Gasteiger partial charge on any atom is 0.337 e. The van der Waals surface area contributed by atoms with E-state index < -0.39 is 5.97 Å². The Bertz CT molecular complexity index is 641. The maximum atomic E-state index is 11.3. The van der Waals surface area contributed by atoms with Crippen LogP contribution in [0.15, 0.2) is 30.3 Å². The van der Waals surface area contributed by atoms with Gasteiger partial charge in [-0.1, -0.05) is 17.7 Å². The van der Waals surface area contributed by atoms with Gasteiger partial charge < -0.3 is 9.84 Å². The van der Waals surface area contributed by atoms with Gasteiger partial charge in [-0.25, -0.2) is 4.79 Å². The second-order valence-electron chi connectivity index (χ2n) is 3.97. The molecule has 0 aliphatic rings. The molecule has 98 valence electrons. The SMILES string of the molecule is COc1cccc(Cl)c1-c1nc(C)ccc1C(=O)O. The van der Waals surface area contributed by atoms with E-state index in [0.717, 1.165) is 0 Å². The average molecular weight is 278 g/mol. The number of carboxylic acids is 1. The van der Waals surface area contributed by atoms with Crippen molar-refractivity contribution in [1.29, 1.82) is 0 Å². The van der Waals surface area contributed by atoms with Gasteiger partial charge in [-0.15, -0.1) is 0 Å². The minimum atomic E-state index is -1.05. The van der Waals surface area contributed by atoms with Crippen molar-refractivity contribution in [2.45, 2.75) is 6.92 Å². The van der Waals surface area contributed by atoms with E-state index in [9.17, 15) is 9.90 Å². The summed E-state index contributed by atoms with van der Waals surface area (Å²) in [6.45, 7) is 1.79. The molecule has 0 atom stereocenters. The first-order chi connectivity index (χ1) is 9.04. The molecular weight excluding hydrogens is 266 g/mol. The molecule has 0 fully saturated rings. The van der Waals surface area contributed by atoms with Crippen molar-refractivity contribution in [1.82, 2.24) is 4.98 Å². The molecular formula is C14H12ClNO3. The molecule has 2 aromatic rings. The number of nitrogens with zero attached hydrogens (tertiary/aromatic N) is 1. The Hall–Kier alpha value is -2.07. The lowest BCUT2D eigenvalue weighted by Crippen LogP contribution is -2.04. The van der Waals surface area contributed by atoms with Gasteiger partial charge in [0.1, 0.15) is 5.75 Å². The molecule has 0 bridgehead atoms. The van der Waals surface area contributed by atoms with Crippen molar-refractivity contribution in [2.24, 2.45) is 0 Å². The van der Waals surface area contributed by atoms with E-state index in [1.807, 2.05) is 0 Å². The summed E-state index contributed by atoms with van der Waals surface area (Å²) >= 11 is 6.16. The van der Waals surface area contributed by atoms with Gasteiger partial charge in [0.2, 0.25) is 0 Å². The second-order valence-corrected chi connectivity index (χ2v) is 4.38. The molecule has 0 radical (unpaired) electrons. The number of halogens is 1. The Morgan fingerprint density at radius 2 is 2.05 bits per heavy atom. The first-order valence-electron chi connectivity index (χ1n) is 5.58. The summed E-state index contributed by atoms with van der Waals surface area (Å²) in [5, 5.41) is 9.65. The van der Waals surface area contributed by atoms with Gasteiger partial charge in [0.15, 0.2) is 0 Å². The quantitative estimate of drug-likeness (QED) is 0.934. The fourth-order valence-electron chi connectivity index (χ4n) is 1.82. The zero-order valence-corrected chi connectivity index (χ0v) is 11.2. The third kappa shape index (κ3) is 2.53. The van der Waals surface area contributed by atoms with Crippen LogP contribution in [0.3, 0.4) is 0 Å². The number of hydrogen-bond acceptors (Lipinski definition) is 3. The maximum absolute atomic E-state index is 11.3. The van der Waals surface area contributed by atoms with Gasteiger partial charge in [-0.3, -0.25) is 4.98 Å². The highest BCUT2D eigenvalue weighted by molar-refractivity contribution is 6.33. The zero-order chi connectivity index (χ0) is 14.0. The normalized spacial score (nSPS) is 10.3. The monoisotopic (exact) mass is 277 g/mol. The number of pyridine rings is 1. The van der Waals surface area contributed by atoms with Crippen molar-refractivity contribution in [3.63, 3.8) is 0 Å². The summed E-state index contributed by atoms with van der Waals surface area (Å²) in [7, 11) is 1.51. The van der Waals surface area contributed by atoms with E-state index in [1.165, 1.54) is 13.2 Å². The topological polar surface area (TPSA) is 59.4 Å². The number of carbonyl (C=O) groups is 1. The molecule has 5 heteroatoms. The van der Waals surface area contributed by atoms with E-state index in [-0.39, 0.29) is 5.56 Å². The zero-order valence-electron chi connectivity index (χ0n) is 10.5. The highest BCUT2D eigenvalue weighted by Gasteiger charge is 2.19. The molecule has 1 heterocycles. The summed E-state index contributed by atoms with van der Waals surface area (Å²) < 4.78 is 5.24. The fourth-order valence-corrected chi connectivity index (χ4v) is 2.08. The minimum absolute atomic E-state index is 0.0944. The summed E-state index contributed by atoms with van der Waals surface area (Å²) in [5.74, 6) is -0.558. The number of rotatable bonds is 3. The van der Waals surface area contributed by atoms with Crippen LogP contribution in [-0.4, -0.2) is 23.2 Å². The number of methoxy groups -OCH3 is 1. The van der Waals surface area contributed by atoms with Gasteiger partial charge in [-0.05, 0) is 31.2 Å². The van der Waals surface area contributed by atoms with Crippen LogP contribution in [0.1, 0.15) is 16.1 Å². The number of aryl methyl sites for hydroxylation is 1. The Balaban J connectivity index is 2.78. The predicted octanol–water partition coefficient (Wildman–Crippen LogP) is 3.42. The van der Waals surface area contributed by atoms with Crippen LogP contribution in [0.5, 0.6) is 5.75 Å². The van der Waals surface area contributed by atoms with Crippen LogP contribution < -0.4 is 4.74 Å². The Morgan fingerprint density at radius 1 is 1.32 bits per heavy atom. The molecule has 1 aromatic heterocycles. The van der Waals surface area contributed by atoms with E-state index in [2.05, 4.69) is 4.98 Å². The number of aromatic carboxylic acids is 1. The highest BCUT2D eigenvalue weighted by Crippen LogP contribution is 2.37. The molecule has 0 unspecified atom stereocenters. The Kier molecular flexibility index (Phi) is 3.71. The van der Waals surface area contributed by atoms with Crippen molar-refractivity contribution >= 4 is 17.6 Å². The van der Waals surface area contributed by atoms with Crippen molar-refractivity contribution in [3.05, 3.63) is 46.6 Å². The van der Waals surface area contributed by atoms with Crippen molar-refractivity contribution in [2.75, 3.05) is 7.11 Å². The van der Waals surface area contributed by atoms with E-state index in [0.29, 0.717) is 27.7 Å². The van der Waals surface area contributed by atoms with Crippen LogP contribution in [0.4, 0.5) is 0 Å². The van der Waals surface area contributed by atoms with E-state index in [4.69, 9.17) is 16.3 Å². The minimum Gasteiger partial charge on any atom is -0.496 e. The molecule has 1 aromatic carbocycles. The Labute approximate surface area is 115 Å². The van der Waals surface area contributed by atoms with Crippen molar-refractivity contribution < 1.29 is 14.6 Å². The van der Waals surface area contributed by atoms with Crippen LogP contribution in [-0.2, 0) is 0 Å². The van der Waals surface area contributed by atoms with Gasteiger partial charge >= 0.3 is 5.97 Å². The summed E-state index contributed by atoms with van der Waals surface area (Å²) in [6.07, 6.45) is 0. The molecule has 0 saturated heterocycles. The van der Waals surface area contributed by atoms with Gasteiger partial charge in [0, 0.05) is 5.69 Å². The standard InChI is InChI=1S/C14H12ClNO3/c1-8-6-7-9(14(17)18)13(16-8)12-10(15)4-3-5-11(12)19-2/h3-7H,1-2H3,(H,17,18). The molecule has 4 nitrogen and oxygen atoms in total. The molecule has 1 N–H and O–H groups in total. The third-order valence-electron chi connectivity index (χ3n) is 2.70. The second kappa shape index (κ2) is 5.28. The molecule has 19 heavy (non-hydrogen) atoms. The van der Waals surface area contributed by atoms with Crippen molar-refractivity contribution in [3.8, 4) is 17.0 Å². The van der Waals surface area contributed by atoms with Gasteiger partial charge in [0.05, 0.1) is 29.0 Å². The molecule has 2 rings (SSSR count). The summed E-state index contributed by atoms with van der Waals surface area (Å²) in [4.78, 5) is 15.6. The molecule has 0 aliphatic heterocycles. The molecule has 0 spiro atoms. The lowest BCUT2D eigenvalue weighted by Gasteiger charge is -2.12. The van der Waals surface area contributed by atoms with Crippen LogP contribution in [0, 0.1) is 6.92 Å². The van der Waals surface area contributed by atoms with Crippen LogP contribution in [0.2, 0.25) is 5.02 Å². The number of hydrogen-bond donors (Lipinski definition) is 1. The van der Waals surface area contributed by atoms with E-state index in [1.54, 1.807) is 31.2 Å². The van der Waals surface area contributed by atoms with Crippen LogP contribution in [0.25, 0.3) is 11.3 Å². The van der Waals surface area contributed by atoms with Gasteiger partial charge in [-0.2, -0.15) is 0 Å². The Morgan fingerprint density at radius 3 is 2.68 bits per heavy atom. The average Bonchev–Trinajstić information content (AvgIpc) is 2.37. The molecule has 0 saturated carbocycles. The summed E-state index contributed by atoms with van der Waals surface area (Å²) in [6, 6.07) is 8.30. The lowest BCUT2D eigenvalue weighted by molar-refractivity contribution is 0.0697. The number of carboxylic acid groups (broad SMARTS) is 1. The largest absolute Gasteiger partial charge is 0.496 e. The highest BCUT2D eigenvalue weighted by atomic mass is 35.5. The summed E-state index contributed by atoms with van der Waals surface area (Å²) in [5.41, 5.74) is 1.61. The van der Waals surface area contributed by atoms with Gasteiger partial charge in [0.25, 0.3) is 0 Å². The lowest BCUT2D eigenvalue weighted by atomic mass is 10.0. The molecule has 0 amide bonds. The third-order valence-corrected chi connectivity index (χ3v) is 3.01. The van der Waals surface area contributed by atoms with Crippen LogP contribution >= 0.6 is 11.6 Å². The first-order valence-corrected chi connectivity index (χ1v) is 5.96. The first kappa shape index (κ1) is 13.4.